The Morgan fingerprint density at radius 3 is 2.67 bits per heavy atom. The summed E-state index contributed by atoms with van der Waals surface area (Å²) in [5.41, 5.74) is 11.9. The molecule has 0 aliphatic rings. The fourth-order valence-electron chi connectivity index (χ4n) is 2.36. The third kappa shape index (κ3) is 2.62. The lowest BCUT2D eigenvalue weighted by Gasteiger charge is -2.05. The lowest BCUT2D eigenvalue weighted by Crippen LogP contribution is -2.12. The second kappa shape index (κ2) is 5.36. The summed E-state index contributed by atoms with van der Waals surface area (Å²) in [6, 6.07) is 8.64. The molecule has 2 rings (SSSR count). The number of hydrogen-bond donors (Lipinski definition) is 1. The van der Waals surface area contributed by atoms with Crippen molar-refractivity contribution < 1.29 is 0 Å². The maximum absolute atomic E-state index is 5.60. The van der Waals surface area contributed by atoms with Crippen molar-refractivity contribution in [1.29, 1.82) is 0 Å². The van der Waals surface area contributed by atoms with Gasteiger partial charge in [0, 0.05) is 24.2 Å². The van der Waals surface area contributed by atoms with Crippen molar-refractivity contribution >= 4 is 0 Å². The first-order chi connectivity index (χ1) is 8.61. The van der Waals surface area contributed by atoms with Crippen LogP contribution in [0.4, 0.5) is 0 Å². The van der Waals surface area contributed by atoms with Gasteiger partial charge in [0.05, 0.1) is 12.2 Å². The van der Waals surface area contributed by atoms with E-state index in [-0.39, 0.29) is 0 Å². The molecule has 0 unspecified atom stereocenters. The lowest BCUT2D eigenvalue weighted by molar-refractivity contribution is 0.603. The second-order valence-corrected chi connectivity index (χ2v) is 4.83. The van der Waals surface area contributed by atoms with Gasteiger partial charge in [-0.05, 0) is 26.3 Å². The van der Waals surface area contributed by atoms with Crippen LogP contribution in [0.3, 0.4) is 0 Å². The molecule has 0 bridgehead atoms. The van der Waals surface area contributed by atoms with Gasteiger partial charge in [0.2, 0.25) is 0 Å². The van der Waals surface area contributed by atoms with E-state index in [2.05, 4.69) is 50.1 Å². The van der Waals surface area contributed by atoms with E-state index in [1.54, 1.807) is 0 Å². The van der Waals surface area contributed by atoms with Crippen molar-refractivity contribution in [3.8, 4) is 0 Å². The summed E-state index contributed by atoms with van der Waals surface area (Å²) in [5.74, 6) is 0. The van der Waals surface area contributed by atoms with Crippen molar-refractivity contribution in [2.45, 2.75) is 33.7 Å². The predicted octanol–water partition coefficient (Wildman–Crippen LogP) is 2.36. The van der Waals surface area contributed by atoms with Gasteiger partial charge in [0.15, 0.2) is 0 Å². The summed E-state index contributed by atoms with van der Waals surface area (Å²) in [4.78, 5) is 0. The van der Waals surface area contributed by atoms with E-state index in [1.165, 1.54) is 22.4 Å². The molecule has 0 aliphatic carbocycles. The number of rotatable bonds is 4. The van der Waals surface area contributed by atoms with E-state index >= 15 is 0 Å². The molecule has 0 amide bonds. The molecule has 1 aromatic carbocycles. The highest BCUT2D eigenvalue weighted by Crippen LogP contribution is 2.18. The van der Waals surface area contributed by atoms with Gasteiger partial charge >= 0.3 is 0 Å². The van der Waals surface area contributed by atoms with E-state index in [9.17, 15) is 0 Å². The van der Waals surface area contributed by atoms with Crippen molar-refractivity contribution in [2.24, 2.45) is 5.73 Å². The van der Waals surface area contributed by atoms with Crippen molar-refractivity contribution in [3.63, 3.8) is 0 Å². The zero-order valence-electron chi connectivity index (χ0n) is 11.4. The Bertz CT molecular complexity index is 541. The number of hydrogen-bond acceptors (Lipinski definition) is 2. The van der Waals surface area contributed by atoms with Gasteiger partial charge in [-0.25, -0.2) is 0 Å². The van der Waals surface area contributed by atoms with Gasteiger partial charge in [0.1, 0.15) is 0 Å². The summed E-state index contributed by atoms with van der Waals surface area (Å²) in [5, 5.41) is 4.56. The minimum Gasteiger partial charge on any atom is -0.329 e. The van der Waals surface area contributed by atoms with Crippen LogP contribution in [0.15, 0.2) is 24.3 Å². The zero-order valence-corrected chi connectivity index (χ0v) is 11.4. The molecule has 1 aromatic heterocycles. The SMILES string of the molecule is Cc1cccc(Cc2c(C)nn(CCN)c2C)c1. The van der Waals surface area contributed by atoms with E-state index in [0.29, 0.717) is 6.54 Å². The third-order valence-corrected chi connectivity index (χ3v) is 3.34. The molecule has 0 fully saturated rings. The van der Waals surface area contributed by atoms with Crippen molar-refractivity contribution in [1.82, 2.24) is 9.78 Å². The summed E-state index contributed by atoms with van der Waals surface area (Å²) in [6.45, 7) is 7.75. The summed E-state index contributed by atoms with van der Waals surface area (Å²) < 4.78 is 2.01. The molecule has 3 heteroatoms. The summed E-state index contributed by atoms with van der Waals surface area (Å²) >= 11 is 0. The summed E-state index contributed by atoms with van der Waals surface area (Å²) in [7, 11) is 0. The first-order valence-electron chi connectivity index (χ1n) is 6.40. The fourth-order valence-corrected chi connectivity index (χ4v) is 2.36. The normalized spacial score (nSPS) is 10.9. The van der Waals surface area contributed by atoms with Crippen LogP contribution in [-0.4, -0.2) is 16.3 Å². The van der Waals surface area contributed by atoms with Gasteiger partial charge in [-0.1, -0.05) is 29.8 Å². The monoisotopic (exact) mass is 243 g/mol. The van der Waals surface area contributed by atoms with Crippen LogP contribution in [0.2, 0.25) is 0 Å². The van der Waals surface area contributed by atoms with Crippen LogP contribution in [-0.2, 0) is 13.0 Å². The Morgan fingerprint density at radius 1 is 1.22 bits per heavy atom. The average molecular weight is 243 g/mol. The van der Waals surface area contributed by atoms with Crippen molar-refractivity contribution in [2.75, 3.05) is 6.54 Å². The molecule has 0 atom stereocenters. The molecule has 0 spiro atoms. The van der Waals surface area contributed by atoms with Crippen LogP contribution < -0.4 is 5.73 Å². The lowest BCUT2D eigenvalue weighted by atomic mass is 10.0. The van der Waals surface area contributed by atoms with Gasteiger partial charge in [-0.2, -0.15) is 5.10 Å². The Kier molecular flexibility index (Phi) is 3.82. The first-order valence-corrected chi connectivity index (χ1v) is 6.40. The molecular formula is C15H21N3. The van der Waals surface area contributed by atoms with Crippen molar-refractivity contribution in [3.05, 3.63) is 52.3 Å². The van der Waals surface area contributed by atoms with E-state index in [1.807, 2.05) is 4.68 Å². The van der Waals surface area contributed by atoms with E-state index in [4.69, 9.17) is 5.73 Å². The molecule has 0 saturated heterocycles. The number of nitrogens with two attached hydrogens (primary N) is 1. The molecule has 18 heavy (non-hydrogen) atoms. The maximum Gasteiger partial charge on any atom is 0.0631 e. The van der Waals surface area contributed by atoms with E-state index < -0.39 is 0 Å². The van der Waals surface area contributed by atoms with Crippen LogP contribution in [0.5, 0.6) is 0 Å². The highest BCUT2D eigenvalue weighted by molar-refractivity contribution is 5.33. The zero-order chi connectivity index (χ0) is 13.1. The number of benzene rings is 1. The molecule has 2 N–H and O–H groups in total. The maximum atomic E-state index is 5.60. The van der Waals surface area contributed by atoms with E-state index in [0.717, 1.165) is 18.7 Å². The second-order valence-electron chi connectivity index (χ2n) is 4.83. The van der Waals surface area contributed by atoms with Crippen LogP contribution in [0, 0.1) is 20.8 Å². The molecule has 0 saturated carbocycles. The molecule has 96 valence electrons. The highest BCUT2D eigenvalue weighted by atomic mass is 15.3. The van der Waals surface area contributed by atoms with Gasteiger partial charge in [-0.3, -0.25) is 4.68 Å². The molecule has 0 radical (unpaired) electrons. The van der Waals surface area contributed by atoms with Gasteiger partial charge in [0.25, 0.3) is 0 Å². The minimum atomic E-state index is 0.631. The Morgan fingerprint density at radius 2 is 2.00 bits per heavy atom. The highest BCUT2D eigenvalue weighted by Gasteiger charge is 2.11. The Balaban J connectivity index is 2.29. The number of aryl methyl sites for hydroxylation is 2. The summed E-state index contributed by atoms with van der Waals surface area (Å²) in [6.07, 6.45) is 0.948. The molecule has 3 nitrogen and oxygen atoms in total. The van der Waals surface area contributed by atoms with Crippen LogP contribution in [0.1, 0.15) is 28.1 Å². The average Bonchev–Trinajstić information content (AvgIpc) is 2.58. The molecular weight excluding hydrogens is 222 g/mol. The van der Waals surface area contributed by atoms with Crippen LogP contribution >= 0.6 is 0 Å². The largest absolute Gasteiger partial charge is 0.329 e. The van der Waals surface area contributed by atoms with Crippen LogP contribution in [0.25, 0.3) is 0 Å². The minimum absolute atomic E-state index is 0.631. The number of aromatic nitrogens is 2. The Labute approximate surface area is 109 Å². The molecule has 0 aliphatic heterocycles. The molecule has 1 heterocycles. The third-order valence-electron chi connectivity index (χ3n) is 3.34. The first kappa shape index (κ1) is 12.8. The van der Waals surface area contributed by atoms with Gasteiger partial charge < -0.3 is 5.73 Å². The standard InChI is InChI=1S/C15H21N3/c1-11-5-4-6-14(9-11)10-15-12(2)17-18(8-7-16)13(15)3/h4-6,9H,7-8,10,16H2,1-3H3. The predicted molar refractivity (Wildman–Crippen MR) is 74.7 cm³/mol. The quantitative estimate of drug-likeness (QED) is 0.896. The molecule has 2 aromatic rings. The number of nitrogens with zero attached hydrogens (tertiary/aromatic N) is 2. The smallest absolute Gasteiger partial charge is 0.0631 e. The topological polar surface area (TPSA) is 43.8 Å². The fraction of sp³-hybridized carbons (Fsp3) is 0.400. The van der Waals surface area contributed by atoms with Gasteiger partial charge in [-0.15, -0.1) is 0 Å². The Hall–Kier alpha value is -1.61.